The molecule has 2 heterocycles. The molecule has 1 unspecified atom stereocenters. The monoisotopic (exact) mass is 1650 g/mol. The number of unbranched alkanes of at least 4 members (excludes halogenated alkanes) is 2. The largest absolute Gasteiger partial charge is 0.481 e. The number of aryl methyl sites for hydroxylation is 1. The number of carboxylic acid groups (broad SMARTS) is 3. The quantitative estimate of drug-likeness (QED) is 0.0130. The van der Waals surface area contributed by atoms with Crippen LogP contribution in [0.4, 0.5) is 5.69 Å². The van der Waals surface area contributed by atoms with Crippen molar-refractivity contribution in [1.29, 1.82) is 0 Å². The van der Waals surface area contributed by atoms with Gasteiger partial charge in [0.2, 0.25) is 82.7 Å². The molecule has 1 aliphatic rings. The Morgan fingerprint density at radius 3 is 1.77 bits per heavy atom. The van der Waals surface area contributed by atoms with E-state index in [0.29, 0.717) is 27.6 Å². The number of nitrogens with one attached hydrogen (secondary N) is 15. The SMILES string of the molecule is CCCCCc1ccc(/C(C)=C/C(=O)N[C@@H](Cc2c[nH]c3ccccc23)C(=O)N[C@H](CC(N)=O)C(=O)N[C@@H](CC(=O)O)C(=O)N[C@@H]2C(=O)NCC(=O)N[C@@H](CCCN)C(=O)N[C@@H](C)C(=O)N[C@H](C)C(=O)N[C@@H](CC(=O)O)C(=O)NCC(=O)N[C@H](CO)C(=O)N[C@@H](C(C)CC(=O)O)C(=O)N[C@@H](CC(=O)c3ccccc3NC)C(=O)C[C@@H]2C)cc1. The number of aliphatic hydroxyl groups is 1. The molecular weight excluding hydrogens is 1540 g/mol. The van der Waals surface area contributed by atoms with Crippen molar-refractivity contribution in [3.8, 4) is 0 Å². The number of primary amides is 1. The zero-order chi connectivity index (χ0) is 87.6. The summed E-state index contributed by atoms with van der Waals surface area (Å²) in [5.41, 5.74) is 14.9. The number of allylic oxidation sites excluding steroid dienone is 1. The molecule has 0 spiro atoms. The Labute approximate surface area is 678 Å². The number of ketones is 2. The van der Waals surface area contributed by atoms with Crippen LogP contribution in [0.3, 0.4) is 0 Å². The van der Waals surface area contributed by atoms with Gasteiger partial charge < -0.3 is 111 Å². The summed E-state index contributed by atoms with van der Waals surface area (Å²) in [5, 5.41) is 73.3. The topological polar surface area (TPSA) is 641 Å². The van der Waals surface area contributed by atoms with Crippen LogP contribution in [0, 0.1) is 11.8 Å². The number of nitrogens with two attached hydrogens (primary N) is 2. The standard InChI is InChI=1S/C78H105N17O23/c1-8-9-10-16-44-22-24-45(25-23-44)39(2)28-61(100)88-53(30-46-35-82-50-20-14-11-17-47(46)50)73(113)92-54(32-60(80)99)74(114)93-56(34-66(107)108)75(115)94-67-40(3)27-59(98)52(31-58(97)48-18-12-13-19-49(48)81-7)90-78(118)68(41(4)29-64(103)104)95-76(116)57(38-96)89-63(102)36-83-71(111)55(33-65(105)106)91-70(110)43(6)85-69(109)42(5)86-72(112)51(21-15-26-79)87-62(101)37-84-77(67)117/h11-14,17-20,22-25,28,35,40-43,51-57,67-68,81-82,96H,8-10,15-16,21,26-27,29-34,36-38,79H2,1-7H3,(H2,80,99)(H,83,111)(H,84,117)(H,85,109)(H,86,112)(H,87,101)(H,88,100)(H,89,102)(H,90,118)(H,91,110)(H,92,113)(H,93,114)(H,94,115)(H,95,116)(H,103,104)(H,105,106)(H,107,108)/b39-28+/t40-,41?,42-,43+,51-,52-,53-,54+,55-,56-,57+,67-,68-/m0/s1. The smallest absolute Gasteiger partial charge is 0.305 e. The summed E-state index contributed by atoms with van der Waals surface area (Å²) < 4.78 is 0. The normalized spacial score (nSPS) is 21.2. The van der Waals surface area contributed by atoms with Crippen LogP contribution in [0.2, 0.25) is 0 Å². The predicted molar refractivity (Wildman–Crippen MR) is 423 cm³/mol. The molecule has 23 N–H and O–H groups in total. The number of aromatic nitrogens is 1. The highest BCUT2D eigenvalue weighted by atomic mass is 16.4. The van der Waals surface area contributed by atoms with Crippen molar-refractivity contribution in [2.75, 3.05) is 38.6 Å². The number of carbonyl (C=O) groups is 19. The summed E-state index contributed by atoms with van der Waals surface area (Å²) in [6.45, 7) is 4.80. The minimum Gasteiger partial charge on any atom is -0.481 e. The molecular formula is C78H105N17O23. The number of benzene rings is 3. The molecule has 118 heavy (non-hydrogen) atoms. The van der Waals surface area contributed by atoms with Crippen molar-refractivity contribution in [2.45, 2.75) is 191 Å². The van der Waals surface area contributed by atoms with Crippen molar-refractivity contribution in [2.24, 2.45) is 23.3 Å². The number of aliphatic carboxylic acids is 3. The lowest BCUT2D eigenvalue weighted by Gasteiger charge is -2.30. The third-order valence-electron chi connectivity index (χ3n) is 19.1. The lowest BCUT2D eigenvalue weighted by Crippen LogP contribution is -2.60. The molecule has 1 aliphatic heterocycles. The van der Waals surface area contributed by atoms with Gasteiger partial charge in [0.15, 0.2) is 11.6 Å². The van der Waals surface area contributed by atoms with Crippen molar-refractivity contribution in [3.63, 3.8) is 0 Å². The number of carbonyl (C=O) groups excluding carboxylic acids is 16. The number of aromatic amines is 1. The predicted octanol–water partition coefficient (Wildman–Crippen LogP) is -3.26. The van der Waals surface area contributed by atoms with Crippen LogP contribution in [0.15, 0.2) is 85.1 Å². The number of H-pyrrole nitrogens is 1. The van der Waals surface area contributed by atoms with Crippen LogP contribution < -0.4 is 85.9 Å². The maximum absolute atomic E-state index is 15.2. The van der Waals surface area contributed by atoms with E-state index in [0.717, 1.165) is 58.9 Å². The van der Waals surface area contributed by atoms with Crippen LogP contribution >= 0.6 is 0 Å². The second kappa shape index (κ2) is 47.1. The van der Waals surface area contributed by atoms with E-state index in [2.05, 4.69) is 86.3 Å². The summed E-state index contributed by atoms with van der Waals surface area (Å²) in [6.07, 6.45) is -0.0639. The van der Waals surface area contributed by atoms with Gasteiger partial charge in [0.05, 0.1) is 51.4 Å². The van der Waals surface area contributed by atoms with Gasteiger partial charge in [-0.3, -0.25) is 91.1 Å². The number of Topliss-reactive ketones (excluding diaryl/α,β-unsaturated/α-hetero) is 2. The Morgan fingerprint density at radius 1 is 0.585 bits per heavy atom. The highest BCUT2D eigenvalue weighted by Crippen LogP contribution is 2.24. The second-order valence-electron chi connectivity index (χ2n) is 28.6. The van der Waals surface area contributed by atoms with Gasteiger partial charge in [-0.2, -0.15) is 0 Å². The van der Waals surface area contributed by atoms with E-state index in [9.17, 15) is 107 Å². The van der Waals surface area contributed by atoms with Crippen molar-refractivity contribution in [1.82, 2.24) is 74.1 Å². The highest BCUT2D eigenvalue weighted by Gasteiger charge is 2.40. The molecule has 640 valence electrons. The average molecular weight is 1650 g/mol. The lowest BCUT2D eigenvalue weighted by molar-refractivity contribution is -0.142. The van der Waals surface area contributed by atoms with Gasteiger partial charge in [-0.05, 0) is 105 Å². The molecule has 0 radical (unpaired) electrons. The van der Waals surface area contributed by atoms with Crippen LogP contribution in [0.5, 0.6) is 0 Å². The first-order valence-corrected chi connectivity index (χ1v) is 38.1. The number of anilines is 1. The van der Waals surface area contributed by atoms with Crippen LogP contribution in [0.25, 0.3) is 16.5 Å². The fourth-order valence-electron chi connectivity index (χ4n) is 12.5. The van der Waals surface area contributed by atoms with Crippen molar-refractivity contribution in [3.05, 3.63) is 107 Å². The Balaban J connectivity index is 1.59. The number of para-hydroxylation sites is 2. The van der Waals surface area contributed by atoms with E-state index in [1.54, 1.807) is 43.5 Å². The summed E-state index contributed by atoms with van der Waals surface area (Å²) in [7, 11) is 1.45. The fraction of sp³-hybridized carbons (Fsp3) is 0.474. The molecule has 5 rings (SSSR count). The van der Waals surface area contributed by atoms with Gasteiger partial charge in [0.25, 0.3) is 0 Å². The molecule has 3 aromatic carbocycles. The first kappa shape index (κ1) is 95.6. The molecule has 14 amide bonds. The zero-order valence-electron chi connectivity index (χ0n) is 66.3. The summed E-state index contributed by atoms with van der Waals surface area (Å²) in [5.74, 6) is -27.3. The molecule has 1 aromatic heterocycles. The van der Waals surface area contributed by atoms with E-state index in [1.165, 1.54) is 31.3 Å². The maximum Gasteiger partial charge on any atom is 0.305 e. The first-order valence-electron chi connectivity index (χ1n) is 38.1. The average Bonchev–Trinajstić information content (AvgIpc) is 1.58. The number of aliphatic hydroxyl groups excluding tert-OH is 1. The molecule has 13 atom stereocenters. The third kappa shape index (κ3) is 30.6. The minimum absolute atomic E-state index is 0.0358. The summed E-state index contributed by atoms with van der Waals surface area (Å²) in [4.78, 5) is 266. The Morgan fingerprint density at radius 2 is 1.16 bits per heavy atom. The van der Waals surface area contributed by atoms with E-state index in [-0.39, 0.29) is 37.1 Å². The van der Waals surface area contributed by atoms with Crippen LogP contribution in [-0.4, -0.2) is 237 Å². The molecule has 40 nitrogen and oxygen atoms in total. The molecule has 0 bridgehead atoms. The number of fused-ring (bicyclic) bond motifs is 1. The van der Waals surface area contributed by atoms with E-state index in [1.807, 2.05) is 24.3 Å². The number of amides is 14. The highest BCUT2D eigenvalue weighted by molar-refractivity contribution is 6.06. The molecule has 4 aromatic rings. The molecule has 1 saturated heterocycles. The second-order valence-corrected chi connectivity index (χ2v) is 28.6. The van der Waals surface area contributed by atoms with E-state index < -0.39 is 249 Å². The van der Waals surface area contributed by atoms with Gasteiger partial charge in [0, 0.05) is 60.7 Å². The van der Waals surface area contributed by atoms with Crippen molar-refractivity contribution < 1.29 is 112 Å². The Kier molecular flexibility index (Phi) is 38.2. The van der Waals surface area contributed by atoms with Crippen LogP contribution in [0.1, 0.15) is 139 Å². The van der Waals surface area contributed by atoms with Gasteiger partial charge in [-0.25, -0.2) is 0 Å². The first-order chi connectivity index (χ1) is 55.9. The Hall–Kier alpha value is -13.0. The fourth-order valence-corrected chi connectivity index (χ4v) is 12.5. The molecule has 40 heteroatoms. The number of rotatable bonds is 32. The van der Waals surface area contributed by atoms with Gasteiger partial charge in [-0.1, -0.05) is 88.2 Å². The lowest BCUT2D eigenvalue weighted by atomic mass is 9.89. The Bertz CT molecular complexity index is 4380. The van der Waals surface area contributed by atoms with Crippen molar-refractivity contribution >= 4 is 134 Å². The molecule has 0 saturated carbocycles. The zero-order valence-corrected chi connectivity index (χ0v) is 66.3. The maximum atomic E-state index is 15.2. The molecule has 0 aliphatic carbocycles. The van der Waals surface area contributed by atoms with E-state index >= 15 is 4.79 Å². The summed E-state index contributed by atoms with van der Waals surface area (Å²) in [6, 6.07) is -0.541. The summed E-state index contributed by atoms with van der Waals surface area (Å²) >= 11 is 0. The van der Waals surface area contributed by atoms with Crippen LogP contribution in [-0.2, 0) is 99.1 Å². The number of carboxylic acids is 3. The third-order valence-corrected chi connectivity index (χ3v) is 19.1. The van der Waals surface area contributed by atoms with Gasteiger partial charge in [0.1, 0.15) is 60.4 Å². The van der Waals surface area contributed by atoms with Gasteiger partial charge >= 0.3 is 17.9 Å². The minimum atomic E-state index is -2.31. The number of hydrogen-bond donors (Lipinski definition) is 21. The number of hydrogen-bond acceptors (Lipinski definition) is 22. The van der Waals surface area contributed by atoms with E-state index in [4.69, 9.17) is 11.5 Å². The van der Waals surface area contributed by atoms with Gasteiger partial charge in [-0.15, -0.1) is 0 Å². The molecule has 1 fully saturated rings.